The highest BCUT2D eigenvalue weighted by Gasteiger charge is 2.33. The van der Waals surface area contributed by atoms with Gasteiger partial charge in [0.2, 0.25) is 0 Å². The van der Waals surface area contributed by atoms with E-state index in [4.69, 9.17) is 5.11 Å². The first-order valence-corrected chi connectivity index (χ1v) is 6.00. The highest BCUT2D eigenvalue weighted by Crippen LogP contribution is 2.38. The largest absolute Gasteiger partial charge is 0.480 e. The Morgan fingerprint density at radius 1 is 1.47 bits per heavy atom. The van der Waals surface area contributed by atoms with Gasteiger partial charge in [0.1, 0.15) is 6.54 Å². The zero-order chi connectivity index (χ0) is 14.2. The van der Waals surface area contributed by atoms with E-state index in [1.54, 1.807) is 0 Å². The number of aromatic nitrogens is 1. The Labute approximate surface area is 110 Å². The van der Waals surface area contributed by atoms with E-state index in [-0.39, 0.29) is 17.2 Å². The summed E-state index contributed by atoms with van der Waals surface area (Å²) in [6, 6.07) is 3.80. The molecule has 4 nitrogen and oxygen atoms in total. The third-order valence-electron chi connectivity index (χ3n) is 2.41. The van der Waals surface area contributed by atoms with Crippen LogP contribution in [0.2, 0.25) is 0 Å². The van der Waals surface area contributed by atoms with Crippen LogP contribution in [0.5, 0.6) is 0 Å². The van der Waals surface area contributed by atoms with Crippen LogP contribution in [0.4, 0.5) is 18.3 Å². The van der Waals surface area contributed by atoms with Gasteiger partial charge in [-0.2, -0.15) is 13.2 Å². The van der Waals surface area contributed by atoms with Crippen molar-refractivity contribution in [1.82, 2.24) is 4.98 Å². The molecule has 102 valence electrons. The fourth-order valence-electron chi connectivity index (χ4n) is 1.60. The second-order valence-electron chi connectivity index (χ2n) is 3.90. The summed E-state index contributed by atoms with van der Waals surface area (Å²) < 4.78 is 38.8. The monoisotopic (exact) mass is 290 g/mol. The van der Waals surface area contributed by atoms with Gasteiger partial charge in [0.05, 0.1) is 15.8 Å². The van der Waals surface area contributed by atoms with Crippen molar-refractivity contribution in [2.75, 3.05) is 18.5 Å². The van der Waals surface area contributed by atoms with Crippen molar-refractivity contribution in [2.24, 2.45) is 0 Å². The number of likely N-dealkylation sites (N-methyl/N-ethyl adjacent to an activating group) is 1. The quantitative estimate of drug-likeness (QED) is 0.944. The van der Waals surface area contributed by atoms with Crippen LogP contribution in [0, 0.1) is 0 Å². The average molecular weight is 290 g/mol. The lowest BCUT2D eigenvalue weighted by molar-refractivity contribution is -0.137. The summed E-state index contributed by atoms with van der Waals surface area (Å²) >= 11 is 1.03. The predicted molar refractivity (Wildman–Crippen MR) is 65.5 cm³/mol. The molecule has 0 fully saturated rings. The summed E-state index contributed by atoms with van der Waals surface area (Å²) in [7, 11) is 1.47. The molecule has 0 amide bonds. The summed E-state index contributed by atoms with van der Waals surface area (Å²) in [5.41, 5.74) is -0.955. The van der Waals surface area contributed by atoms with Crippen molar-refractivity contribution in [3.63, 3.8) is 0 Å². The number of thiazole rings is 1. The van der Waals surface area contributed by atoms with Crippen LogP contribution in [-0.2, 0) is 11.0 Å². The van der Waals surface area contributed by atoms with Gasteiger partial charge in [0.25, 0.3) is 0 Å². The number of alkyl halides is 3. The lowest BCUT2D eigenvalue weighted by atomic mass is 10.2. The summed E-state index contributed by atoms with van der Waals surface area (Å²) in [4.78, 5) is 15.8. The molecule has 0 aliphatic carbocycles. The van der Waals surface area contributed by atoms with Gasteiger partial charge in [-0.25, -0.2) is 4.98 Å². The molecule has 1 heterocycles. The van der Waals surface area contributed by atoms with Crippen LogP contribution in [0.3, 0.4) is 0 Å². The van der Waals surface area contributed by atoms with Crippen LogP contribution >= 0.6 is 11.3 Å². The van der Waals surface area contributed by atoms with Crippen LogP contribution in [0.1, 0.15) is 5.56 Å². The van der Waals surface area contributed by atoms with Gasteiger partial charge in [-0.3, -0.25) is 4.79 Å². The summed E-state index contributed by atoms with van der Waals surface area (Å²) in [5, 5.41) is 8.90. The molecular weight excluding hydrogens is 281 g/mol. The van der Waals surface area contributed by atoms with E-state index in [2.05, 4.69) is 4.98 Å². The van der Waals surface area contributed by atoms with Crippen molar-refractivity contribution in [1.29, 1.82) is 0 Å². The van der Waals surface area contributed by atoms with Crippen molar-refractivity contribution >= 4 is 32.7 Å². The smallest absolute Gasteiger partial charge is 0.418 e. The SMILES string of the molecule is CN(CC(=O)O)c1nc2c(C(F)(F)F)cccc2s1. The molecule has 2 rings (SSSR count). The molecule has 0 spiro atoms. The molecule has 0 unspecified atom stereocenters. The molecule has 0 aliphatic heterocycles. The number of anilines is 1. The first-order chi connectivity index (χ1) is 8.79. The average Bonchev–Trinajstić information content (AvgIpc) is 2.69. The van der Waals surface area contributed by atoms with Gasteiger partial charge >= 0.3 is 12.1 Å². The van der Waals surface area contributed by atoms with Crippen molar-refractivity contribution < 1.29 is 23.1 Å². The van der Waals surface area contributed by atoms with Crippen molar-refractivity contribution in [3.8, 4) is 0 Å². The van der Waals surface area contributed by atoms with Crippen LogP contribution in [0.25, 0.3) is 10.2 Å². The third kappa shape index (κ3) is 2.78. The minimum atomic E-state index is -4.48. The van der Waals surface area contributed by atoms with Gasteiger partial charge in [0, 0.05) is 7.05 Å². The van der Waals surface area contributed by atoms with E-state index >= 15 is 0 Å². The van der Waals surface area contributed by atoms with Gasteiger partial charge in [0.15, 0.2) is 5.13 Å². The number of benzene rings is 1. The van der Waals surface area contributed by atoms with Gasteiger partial charge in [-0.1, -0.05) is 17.4 Å². The highest BCUT2D eigenvalue weighted by atomic mass is 32.1. The molecule has 0 saturated heterocycles. The number of aliphatic carboxylic acids is 1. The Kier molecular flexibility index (Phi) is 3.36. The molecule has 2 aromatic rings. The third-order valence-corrected chi connectivity index (χ3v) is 3.55. The minimum Gasteiger partial charge on any atom is -0.480 e. The number of carbonyl (C=O) groups is 1. The molecule has 0 atom stereocenters. The number of carboxylic acids is 1. The van der Waals surface area contributed by atoms with E-state index in [0.29, 0.717) is 4.70 Å². The molecule has 0 bridgehead atoms. The zero-order valence-corrected chi connectivity index (χ0v) is 10.5. The highest BCUT2D eigenvalue weighted by molar-refractivity contribution is 7.22. The summed E-state index contributed by atoms with van der Waals surface area (Å²) in [6.07, 6.45) is -4.48. The lowest BCUT2D eigenvalue weighted by Gasteiger charge is -2.11. The fraction of sp³-hybridized carbons (Fsp3) is 0.273. The van der Waals surface area contributed by atoms with E-state index in [1.165, 1.54) is 24.1 Å². The standard InChI is InChI=1S/C11H9F3N2O2S/c1-16(5-8(17)18)10-15-9-6(11(12,13)14)3-2-4-7(9)19-10/h2-4H,5H2,1H3,(H,17,18). The first kappa shape index (κ1) is 13.6. The van der Waals surface area contributed by atoms with Crippen molar-refractivity contribution in [2.45, 2.75) is 6.18 Å². The fourth-order valence-corrected chi connectivity index (χ4v) is 2.55. The molecule has 0 saturated carbocycles. The Balaban J connectivity index is 2.49. The van der Waals surface area contributed by atoms with Gasteiger partial charge in [-0.15, -0.1) is 0 Å². The number of nitrogens with zero attached hydrogens (tertiary/aromatic N) is 2. The first-order valence-electron chi connectivity index (χ1n) is 5.18. The molecular formula is C11H9F3N2O2S. The number of hydrogen-bond acceptors (Lipinski definition) is 4. The van der Waals surface area contributed by atoms with E-state index in [0.717, 1.165) is 17.4 Å². The number of para-hydroxylation sites is 1. The Bertz CT molecular complexity index is 624. The normalized spacial score (nSPS) is 11.8. The number of fused-ring (bicyclic) bond motifs is 1. The number of halogens is 3. The van der Waals surface area contributed by atoms with E-state index < -0.39 is 17.7 Å². The summed E-state index contributed by atoms with van der Waals surface area (Å²) in [6.45, 7) is -0.318. The van der Waals surface area contributed by atoms with Crippen LogP contribution < -0.4 is 4.90 Å². The second-order valence-corrected chi connectivity index (χ2v) is 4.91. The lowest BCUT2D eigenvalue weighted by Crippen LogP contribution is -2.24. The number of carboxylic acid groups (broad SMARTS) is 1. The maximum Gasteiger partial charge on any atom is 0.418 e. The molecule has 1 aromatic carbocycles. The molecule has 19 heavy (non-hydrogen) atoms. The minimum absolute atomic E-state index is 0.146. The maximum absolute atomic E-state index is 12.8. The number of hydrogen-bond donors (Lipinski definition) is 1. The van der Waals surface area contributed by atoms with Gasteiger partial charge < -0.3 is 10.0 Å². The van der Waals surface area contributed by atoms with E-state index in [1.807, 2.05) is 0 Å². The van der Waals surface area contributed by atoms with Crippen LogP contribution in [-0.4, -0.2) is 29.7 Å². The molecule has 0 radical (unpaired) electrons. The second kappa shape index (κ2) is 4.69. The zero-order valence-electron chi connectivity index (χ0n) is 9.73. The molecule has 1 aromatic heterocycles. The van der Waals surface area contributed by atoms with Crippen molar-refractivity contribution in [3.05, 3.63) is 23.8 Å². The summed E-state index contributed by atoms with van der Waals surface area (Å²) in [5.74, 6) is -1.07. The Hall–Kier alpha value is -1.83. The van der Waals surface area contributed by atoms with Gasteiger partial charge in [-0.05, 0) is 12.1 Å². The molecule has 0 aliphatic rings. The Morgan fingerprint density at radius 2 is 2.16 bits per heavy atom. The molecule has 8 heteroatoms. The van der Waals surface area contributed by atoms with E-state index in [9.17, 15) is 18.0 Å². The predicted octanol–water partition coefficient (Wildman–Crippen LogP) is 2.84. The topological polar surface area (TPSA) is 53.4 Å². The molecule has 1 N–H and O–H groups in total. The number of rotatable bonds is 3. The Morgan fingerprint density at radius 3 is 2.74 bits per heavy atom. The maximum atomic E-state index is 12.8. The van der Waals surface area contributed by atoms with Crippen LogP contribution in [0.15, 0.2) is 18.2 Å².